The minimum atomic E-state index is 0.239. The van der Waals surface area contributed by atoms with Crippen LogP contribution in [0.4, 0.5) is 0 Å². The minimum Gasteiger partial charge on any atom is -0.326 e. The summed E-state index contributed by atoms with van der Waals surface area (Å²) in [6, 6.07) is 2.45. The highest BCUT2D eigenvalue weighted by Crippen LogP contribution is 2.35. The molecule has 108 valence electrons. The predicted octanol–water partition coefficient (Wildman–Crippen LogP) is 2.48. The monoisotopic (exact) mass is 299 g/mol. The van der Waals surface area contributed by atoms with Crippen LogP contribution in [0.25, 0.3) is 0 Å². The lowest BCUT2D eigenvalue weighted by Crippen LogP contribution is -2.43. The number of aromatic nitrogens is 2. The lowest BCUT2D eigenvalue weighted by Gasteiger charge is -2.34. The van der Waals surface area contributed by atoms with Gasteiger partial charge in [0.05, 0.1) is 5.69 Å². The van der Waals surface area contributed by atoms with Gasteiger partial charge < -0.3 is 5.73 Å². The normalized spacial score (nSPS) is 25.5. The Labute approximate surface area is 125 Å². The molecule has 0 saturated carbocycles. The first-order valence-corrected chi connectivity index (χ1v) is 9.26. The molecule has 3 nitrogen and oxygen atoms in total. The zero-order valence-corrected chi connectivity index (χ0v) is 13.8. The second-order valence-corrected chi connectivity index (χ2v) is 7.76. The lowest BCUT2D eigenvalue weighted by molar-refractivity contribution is 0.570. The van der Waals surface area contributed by atoms with Gasteiger partial charge in [0, 0.05) is 47.2 Å². The third-order valence-corrected chi connectivity index (χ3v) is 7.18. The third kappa shape index (κ3) is 3.70. The van der Waals surface area contributed by atoms with Crippen LogP contribution in [0, 0.1) is 0 Å². The maximum absolute atomic E-state index is 6.49. The molecule has 0 spiro atoms. The summed E-state index contributed by atoms with van der Waals surface area (Å²) in [5.41, 5.74) is 8.93. The topological polar surface area (TPSA) is 43.8 Å². The number of thioether (sulfide) groups is 2. The molecule has 0 aromatic carbocycles. The summed E-state index contributed by atoms with van der Waals surface area (Å²) in [4.78, 5) is 0. The summed E-state index contributed by atoms with van der Waals surface area (Å²) in [5.74, 6) is 2.52. The van der Waals surface area contributed by atoms with Gasteiger partial charge in [0.2, 0.25) is 0 Å². The largest absolute Gasteiger partial charge is 0.326 e. The van der Waals surface area contributed by atoms with Gasteiger partial charge in [0.1, 0.15) is 0 Å². The summed E-state index contributed by atoms with van der Waals surface area (Å²) in [6.07, 6.45) is 3.16. The average Bonchev–Trinajstić information content (AvgIpc) is 2.79. The molecule has 3 atom stereocenters. The fourth-order valence-electron chi connectivity index (χ4n) is 2.63. The van der Waals surface area contributed by atoms with E-state index in [-0.39, 0.29) is 6.04 Å². The fraction of sp³-hybridized carbons (Fsp3) is 0.786. The molecule has 0 bridgehead atoms. The van der Waals surface area contributed by atoms with E-state index in [0.717, 1.165) is 12.8 Å². The van der Waals surface area contributed by atoms with Gasteiger partial charge in [-0.05, 0) is 18.9 Å². The van der Waals surface area contributed by atoms with E-state index in [1.54, 1.807) is 0 Å². The molecule has 19 heavy (non-hydrogen) atoms. The Hall–Kier alpha value is -0.130. The average molecular weight is 300 g/mol. The molecule has 1 saturated heterocycles. The Morgan fingerprint density at radius 2 is 2.16 bits per heavy atom. The Morgan fingerprint density at radius 1 is 1.42 bits per heavy atom. The van der Waals surface area contributed by atoms with Gasteiger partial charge in [-0.1, -0.05) is 13.8 Å². The van der Waals surface area contributed by atoms with Crippen LogP contribution in [-0.2, 0) is 19.9 Å². The van der Waals surface area contributed by atoms with Gasteiger partial charge in [-0.25, -0.2) is 0 Å². The molecule has 1 aromatic heterocycles. The number of hydrogen-bond donors (Lipinski definition) is 1. The molecule has 0 amide bonds. The predicted molar refractivity (Wildman–Crippen MR) is 87.0 cm³/mol. The lowest BCUT2D eigenvalue weighted by atomic mass is 10.0. The van der Waals surface area contributed by atoms with E-state index in [0.29, 0.717) is 10.5 Å². The van der Waals surface area contributed by atoms with Gasteiger partial charge in [-0.2, -0.15) is 28.6 Å². The Bertz CT molecular complexity index is 405. The Balaban J connectivity index is 2.02. The number of aryl methyl sites for hydroxylation is 2. The summed E-state index contributed by atoms with van der Waals surface area (Å²) < 4.78 is 2.00. The van der Waals surface area contributed by atoms with Crippen LogP contribution in [0.1, 0.15) is 31.7 Å². The van der Waals surface area contributed by atoms with Gasteiger partial charge >= 0.3 is 0 Å². The summed E-state index contributed by atoms with van der Waals surface area (Å²) in [7, 11) is 2.03. The van der Waals surface area contributed by atoms with Crippen LogP contribution in [0.3, 0.4) is 0 Å². The molecule has 2 rings (SSSR count). The van der Waals surface area contributed by atoms with E-state index in [2.05, 4.69) is 48.5 Å². The van der Waals surface area contributed by atoms with Crippen molar-refractivity contribution in [3.8, 4) is 0 Å². The molecule has 1 aromatic rings. The highest BCUT2D eigenvalue weighted by Gasteiger charge is 2.30. The van der Waals surface area contributed by atoms with Crippen molar-refractivity contribution in [1.29, 1.82) is 0 Å². The second kappa shape index (κ2) is 7.04. The van der Waals surface area contributed by atoms with Crippen molar-refractivity contribution in [2.45, 2.75) is 49.7 Å². The van der Waals surface area contributed by atoms with Crippen LogP contribution in [-0.4, -0.2) is 37.8 Å². The maximum atomic E-state index is 6.49. The van der Waals surface area contributed by atoms with Crippen molar-refractivity contribution in [2.24, 2.45) is 12.8 Å². The second-order valence-electron chi connectivity index (χ2n) is 5.13. The zero-order chi connectivity index (χ0) is 13.8. The molecule has 1 aliphatic rings. The van der Waals surface area contributed by atoms with Crippen molar-refractivity contribution in [2.75, 3.05) is 11.5 Å². The quantitative estimate of drug-likeness (QED) is 0.907. The number of hydrogen-bond acceptors (Lipinski definition) is 4. The molecule has 2 heterocycles. The standard InChI is InChI=1S/C14H25N3S2/c1-4-10-8-11(17(3)16-10)9-12(15)14-13(5-2)18-6-7-19-14/h8,12-14H,4-7,9,15H2,1-3H3. The van der Waals surface area contributed by atoms with Crippen molar-refractivity contribution in [1.82, 2.24) is 9.78 Å². The first kappa shape index (κ1) is 15.3. The number of nitrogens with zero attached hydrogens (tertiary/aromatic N) is 2. The molecule has 0 aliphatic carbocycles. The molecule has 1 fully saturated rings. The molecular formula is C14H25N3S2. The highest BCUT2D eigenvalue weighted by molar-refractivity contribution is 8.07. The fourth-order valence-corrected chi connectivity index (χ4v) is 5.82. The smallest absolute Gasteiger partial charge is 0.0624 e. The maximum Gasteiger partial charge on any atom is 0.0624 e. The summed E-state index contributed by atoms with van der Waals surface area (Å²) in [5, 5.41) is 5.82. The first-order valence-electron chi connectivity index (χ1n) is 7.16. The molecule has 1 aliphatic heterocycles. The molecule has 3 unspecified atom stereocenters. The Kier molecular flexibility index (Phi) is 5.66. The van der Waals surface area contributed by atoms with E-state index in [1.165, 1.54) is 29.3 Å². The zero-order valence-electron chi connectivity index (χ0n) is 12.1. The van der Waals surface area contributed by atoms with E-state index in [9.17, 15) is 0 Å². The minimum absolute atomic E-state index is 0.239. The Morgan fingerprint density at radius 3 is 2.79 bits per heavy atom. The van der Waals surface area contributed by atoms with Crippen molar-refractivity contribution < 1.29 is 0 Å². The number of nitrogens with two attached hydrogens (primary N) is 1. The molecular weight excluding hydrogens is 274 g/mol. The third-order valence-electron chi connectivity index (χ3n) is 3.75. The van der Waals surface area contributed by atoms with Crippen LogP contribution < -0.4 is 5.73 Å². The van der Waals surface area contributed by atoms with Gasteiger partial charge in [0.15, 0.2) is 0 Å². The summed E-state index contributed by atoms with van der Waals surface area (Å²) >= 11 is 4.17. The van der Waals surface area contributed by atoms with Gasteiger partial charge in [-0.3, -0.25) is 4.68 Å². The number of rotatable bonds is 5. The van der Waals surface area contributed by atoms with Crippen LogP contribution >= 0.6 is 23.5 Å². The van der Waals surface area contributed by atoms with Crippen molar-refractivity contribution in [3.05, 3.63) is 17.5 Å². The van der Waals surface area contributed by atoms with E-state index in [4.69, 9.17) is 5.73 Å². The van der Waals surface area contributed by atoms with Crippen LogP contribution in [0.2, 0.25) is 0 Å². The van der Waals surface area contributed by atoms with Crippen LogP contribution in [0.5, 0.6) is 0 Å². The van der Waals surface area contributed by atoms with E-state index >= 15 is 0 Å². The summed E-state index contributed by atoms with van der Waals surface area (Å²) in [6.45, 7) is 4.43. The SMILES string of the molecule is CCc1cc(CC(N)C2SCCSC2CC)n(C)n1. The van der Waals surface area contributed by atoms with Crippen molar-refractivity contribution >= 4 is 23.5 Å². The van der Waals surface area contributed by atoms with E-state index in [1.807, 2.05) is 11.7 Å². The van der Waals surface area contributed by atoms with E-state index < -0.39 is 0 Å². The van der Waals surface area contributed by atoms with Crippen molar-refractivity contribution in [3.63, 3.8) is 0 Å². The van der Waals surface area contributed by atoms with Gasteiger partial charge in [0.25, 0.3) is 0 Å². The highest BCUT2D eigenvalue weighted by atomic mass is 32.2. The molecule has 0 radical (unpaired) electrons. The first-order chi connectivity index (χ1) is 9.15. The molecule has 2 N–H and O–H groups in total. The van der Waals surface area contributed by atoms with Gasteiger partial charge in [-0.15, -0.1) is 0 Å². The molecule has 5 heteroatoms. The van der Waals surface area contributed by atoms with Crippen LogP contribution in [0.15, 0.2) is 6.07 Å².